The number of hydrogen-bond acceptors (Lipinski definition) is 3. The number of hydrogen-bond donors (Lipinski definition) is 1. The van der Waals surface area contributed by atoms with E-state index in [1.165, 1.54) is 31.4 Å². The van der Waals surface area contributed by atoms with Crippen LogP contribution in [0.2, 0.25) is 0 Å². The lowest BCUT2D eigenvalue weighted by Crippen LogP contribution is -2.10. The van der Waals surface area contributed by atoms with Crippen molar-refractivity contribution in [2.24, 2.45) is 0 Å². The van der Waals surface area contributed by atoms with Crippen LogP contribution in [0.3, 0.4) is 0 Å². The first kappa shape index (κ1) is 20.4. The average molecular weight is 379 g/mol. The second-order valence-corrected chi connectivity index (χ2v) is 5.98. The molecule has 0 aliphatic carbocycles. The second kappa shape index (κ2) is 8.62. The highest BCUT2D eigenvalue weighted by Gasteiger charge is 2.30. The van der Waals surface area contributed by atoms with Gasteiger partial charge < -0.3 is 14.8 Å². The number of rotatable bonds is 6. The molecule has 7 heteroatoms. The third-order valence-electron chi connectivity index (χ3n) is 3.43. The van der Waals surface area contributed by atoms with E-state index in [0.29, 0.717) is 17.1 Å². The molecule has 0 aromatic heterocycles. The van der Waals surface area contributed by atoms with Crippen LogP contribution < -0.4 is 14.8 Å². The maximum atomic E-state index is 12.7. The normalized spacial score (nSPS) is 11.7. The number of halogens is 3. The van der Waals surface area contributed by atoms with E-state index in [0.717, 1.165) is 12.1 Å². The second-order valence-electron chi connectivity index (χ2n) is 5.98. The van der Waals surface area contributed by atoms with Crippen molar-refractivity contribution in [2.75, 3.05) is 12.4 Å². The first-order valence-electron chi connectivity index (χ1n) is 8.20. The fourth-order valence-electron chi connectivity index (χ4n) is 2.27. The summed E-state index contributed by atoms with van der Waals surface area (Å²) < 4.78 is 49.0. The molecule has 0 spiro atoms. The Hall–Kier alpha value is -2.96. The molecule has 2 aromatic carbocycles. The van der Waals surface area contributed by atoms with Crippen LogP contribution in [0.1, 0.15) is 25.0 Å². The molecule has 27 heavy (non-hydrogen) atoms. The minimum atomic E-state index is -4.47. The molecule has 0 heterocycles. The van der Waals surface area contributed by atoms with Gasteiger partial charge in [-0.05, 0) is 55.8 Å². The number of nitrogens with one attached hydrogen (secondary N) is 1. The van der Waals surface area contributed by atoms with Crippen LogP contribution in [0.25, 0.3) is 6.08 Å². The smallest absolute Gasteiger partial charge is 0.416 e. The molecule has 0 saturated heterocycles. The SMILES string of the molecule is COc1cc(/C=C/C(=O)Nc2cccc(C(F)(F)F)c2)ccc1OC(C)C. The maximum Gasteiger partial charge on any atom is 0.416 e. The summed E-state index contributed by atoms with van der Waals surface area (Å²) in [4.78, 5) is 12.0. The Morgan fingerprint density at radius 3 is 2.48 bits per heavy atom. The Bertz CT molecular complexity index is 829. The van der Waals surface area contributed by atoms with E-state index < -0.39 is 17.6 Å². The summed E-state index contributed by atoms with van der Waals surface area (Å²) in [5, 5.41) is 2.41. The summed E-state index contributed by atoms with van der Waals surface area (Å²) in [7, 11) is 1.51. The summed E-state index contributed by atoms with van der Waals surface area (Å²) in [5.74, 6) is 0.554. The summed E-state index contributed by atoms with van der Waals surface area (Å²) in [5.41, 5.74) is -0.0744. The van der Waals surface area contributed by atoms with Crippen LogP contribution >= 0.6 is 0 Å². The molecule has 0 aliphatic rings. The van der Waals surface area contributed by atoms with Gasteiger partial charge in [-0.3, -0.25) is 4.79 Å². The summed E-state index contributed by atoms with van der Waals surface area (Å²) >= 11 is 0. The number of methoxy groups -OCH3 is 1. The van der Waals surface area contributed by atoms with Crippen LogP contribution in [-0.2, 0) is 11.0 Å². The van der Waals surface area contributed by atoms with E-state index in [2.05, 4.69) is 5.32 Å². The average Bonchev–Trinajstić information content (AvgIpc) is 2.60. The number of carbonyl (C=O) groups excluding carboxylic acids is 1. The first-order chi connectivity index (χ1) is 12.7. The van der Waals surface area contributed by atoms with Gasteiger partial charge in [0.15, 0.2) is 11.5 Å². The largest absolute Gasteiger partial charge is 0.493 e. The Labute approximate surface area is 155 Å². The molecular weight excluding hydrogens is 359 g/mol. The van der Waals surface area contributed by atoms with Gasteiger partial charge in [0, 0.05) is 11.8 Å². The zero-order valence-corrected chi connectivity index (χ0v) is 15.1. The monoisotopic (exact) mass is 379 g/mol. The highest BCUT2D eigenvalue weighted by molar-refractivity contribution is 6.02. The lowest BCUT2D eigenvalue weighted by molar-refractivity contribution is -0.137. The number of ether oxygens (including phenoxy) is 2. The van der Waals surface area contributed by atoms with E-state index >= 15 is 0 Å². The maximum absolute atomic E-state index is 12.7. The van der Waals surface area contributed by atoms with E-state index in [9.17, 15) is 18.0 Å². The van der Waals surface area contributed by atoms with Crippen LogP contribution in [0, 0.1) is 0 Å². The highest BCUT2D eigenvalue weighted by atomic mass is 19.4. The van der Waals surface area contributed by atoms with Crippen molar-refractivity contribution in [3.8, 4) is 11.5 Å². The van der Waals surface area contributed by atoms with Crippen molar-refractivity contribution in [2.45, 2.75) is 26.1 Å². The predicted molar refractivity (Wildman–Crippen MR) is 97.9 cm³/mol. The van der Waals surface area contributed by atoms with Crippen molar-refractivity contribution in [3.05, 3.63) is 59.7 Å². The third-order valence-corrected chi connectivity index (χ3v) is 3.43. The van der Waals surface area contributed by atoms with Gasteiger partial charge in [0.1, 0.15) is 0 Å². The Kier molecular flexibility index (Phi) is 6.50. The van der Waals surface area contributed by atoms with E-state index in [1.807, 2.05) is 13.8 Å². The Morgan fingerprint density at radius 1 is 1.11 bits per heavy atom. The molecule has 1 N–H and O–H groups in total. The standard InChI is InChI=1S/C20H20F3NO3/c1-13(2)27-17-9-7-14(11-18(17)26-3)8-10-19(25)24-16-6-4-5-15(12-16)20(21,22)23/h4-13H,1-3H3,(H,24,25)/b10-8+. The third kappa shape index (κ3) is 6.06. The van der Waals surface area contributed by atoms with Crippen LogP contribution in [0.4, 0.5) is 18.9 Å². The predicted octanol–water partition coefficient (Wildman–Crippen LogP) is 5.15. The minimum absolute atomic E-state index is 0.0152. The highest BCUT2D eigenvalue weighted by Crippen LogP contribution is 2.31. The van der Waals surface area contributed by atoms with Gasteiger partial charge in [-0.1, -0.05) is 12.1 Å². The molecule has 0 aliphatic heterocycles. The lowest BCUT2D eigenvalue weighted by atomic mass is 10.1. The number of carbonyl (C=O) groups is 1. The summed E-state index contributed by atoms with van der Waals surface area (Å²) in [6.45, 7) is 3.79. The number of amides is 1. The van der Waals surface area contributed by atoms with Crippen LogP contribution in [0.15, 0.2) is 48.5 Å². The molecule has 0 atom stereocenters. The molecule has 0 radical (unpaired) electrons. The van der Waals surface area contributed by atoms with Crippen LogP contribution in [-0.4, -0.2) is 19.1 Å². The van der Waals surface area contributed by atoms with E-state index in [4.69, 9.17) is 9.47 Å². The minimum Gasteiger partial charge on any atom is -0.493 e. The zero-order chi connectivity index (χ0) is 20.0. The Morgan fingerprint density at radius 2 is 1.85 bits per heavy atom. The van der Waals surface area contributed by atoms with Gasteiger partial charge in [0.05, 0.1) is 18.8 Å². The molecule has 144 valence electrons. The number of anilines is 1. The fraction of sp³-hybridized carbons (Fsp3) is 0.250. The topological polar surface area (TPSA) is 47.6 Å². The van der Waals surface area contributed by atoms with Gasteiger partial charge >= 0.3 is 6.18 Å². The van der Waals surface area contributed by atoms with Gasteiger partial charge in [0.2, 0.25) is 5.91 Å². The quantitative estimate of drug-likeness (QED) is 0.706. The summed E-state index contributed by atoms with van der Waals surface area (Å²) in [6, 6.07) is 9.62. The molecule has 2 rings (SSSR count). The van der Waals surface area contributed by atoms with Crippen molar-refractivity contribution in [1.82, 2.24) is 0 Å². The van der Waals surface area contributed by atoms with Crippen molar-refractivity contribution in [3.63, 3.8) is 0 Å². The molecule has 4 nitrogen and oxygen atoms in total. The Balaban J connectivity index is 2.08. The molecule has 0 saturated carbocycles. The molecule has 1 amide bonds. The van der Waals surface area contributed by atoms with Gasteiger partial charge in [-0.25, -0.2) is 0 Å². The molecular formula is C20H20F3NO3. The van der Waals surface area contributed by atoms with Gasteiger partial charge in [-0.15, -0.1) is 0 Å². The van der Waals surface area contributed by atoms with Crippen LogP contribution in [0.5, 0.6) is 11.5 Å². The van der Waals surface area contributed by atoms with Crippen molar-refractivity contribution in [1.29, 1.82) is 0 Å². The van der Waals surface area contributed by atoms with E-state index in [1.54, 1.807) is 18.2 Å². The van der Waals surface area contributed by atoms with Gasteiger partial charge in [0.25, 0.3) is 0 Å². The van der Waals surface area contributed by atoms with Gasteiger partial charge in [-0.2, -0.15) is 13.2 Å². The first-order valence-corrected chi connectivity index (χ1v) is 8.20. The molecule has 0 bridgehead atoms. The fourth-order valence-corrected chi connectivity index (χ4v) is 2.27. The molecule has 0 unspecified atom stereocenters. The number of benzene rings is 2. The molecule has 0 fully saturated rings. The van der Waals surface area contributed by atoms with Crippen molar-refractivity contribution >= 4 is 17.7 Å². The summed E-state index contributed by atoms with van der Waals surface area (Å²) in [6.07, 6.45) is -1.71. The number of alkyl halides is 3. The molecule has 2 aromatic rings. The van der Waals surface area contributed by atoms with E-state index in [-0.39, 0.29) is 11.8 Å². The lowest BCUT2D eigenvalue weighted by Gasteiger charge is -2.13. The zero-order valence-electron chi connectivity index (χ0n) is 15.1. The van der Waals surface area contributed by atoms with Crippen molar-refractivity contribution < 1.29 is 27.4 Å².